The number of amides is 1. The molecule has 2 fully saturated rings. The molecule has 0 unspecified atom stereocenters. The summed E-state index contributed by atoms with van der Waals surface area (Å²) in [6, 6.07) is 2.59. The minimum atomic E-state index is -0.131. The SMILES string of the molecule is Cl.Cl.O=C1OCCN1C1CCN(Cc2cc3n(n2)CCCNC3)CC1. The molecule has 2 saturated heterocycles. The van der Waals surface area contributed by atoms with Crippen LogP contribution in [0, 0.1) is 0 Å². The van der Waals surface area contributed by atoms with Gasteiger partial charge in [-0.15, -0.1) is 24.8 Å². The molecule has 142 valence electrons. The van der Waals surface area contributed by atoms with Crippen molar-refractivity contribution in [2.45, 2.75) is 44.9 Å². The van der Waals surface area contributed by atoms with E-state index in [9.17, 15) is 4.79 Å². The molecule has 0 radical (unpaired) electrons. The van der Waals surface area contributed by atoms with Crippen LogP contribution in [0.25, 0.3) is 0 Å². The number of ether oxygens (including phenoxy) is 1. The van der Waals surface area contributed by atoms with Crippen LogP contribution in [0.5, 0.6) is 0 Å². The van der Waals surface area contributed by atoms with Gasteiger partial charge in [-0.2, -0.15) is 5.10 Å². The van der Waals surface area contributed by atoms with Gasteiger partial charge in [0.15, 0.2) is 0 Å². The molecule has 0 saturated carbocycles. The maximum absolute atomic E-state index is 11.7. The third kappa shape index (κ3) is 4.58. The molecule has 1 amide bonds. The van der Waals surface area contributed by atoms with Crippen molar-refractivity contribution >= 4 is 30.9 Å². The summed E-state index contributed by atoms with van der Waals surface area (Å²) in [6.45, 7) is 7.28. The maximum atomic E-state index is 11.7. The zero-order valence-electron chi connectivity index (χ0n) is 14.4. The van der Waals surface area contributed by atoms with Gasteiger partial charge in [-0.1, -0.05) is 0 Å². The second kappa shape index (κ2) is 9.07. The van der Waals surface area contributed by atoms with Crippen LogP contribution in [0.4, 0.5) is 4.79 Å². The Balaban J connectivity index is 0.00000113. The van der Waals surface area contributed by atoms with E-state index in [-0.39, 0.29) is 30.9 Å². The van der Waals surface area contributed by atoms with E-state index in [1.807, 2.05) is 4.90 Å². The molecule has 9 heteroatoms. The van der Waals surface area contributed by atoms with E-state index >= 15 is 0 Å². The number of halogens is 2. The number of rotatable bonds is 3. The Labute approximate surface area is 160 Å². The summed E-state index contributed by atoms with van der Waals surface area (Å²) >= 11 is 0. The molecule has 25 heavy (non-hydrogen) atoms. The minimum absolute atomic E-state index is 0. The van der Waals surface area contributed by atoms with E-state index in [0.717, 1.165) is 65.1 Å². The van der Waals surface area contributed by atoms with Gasteiger partial charge in [0.05, 0.1) is 17.9 Å². The second-order valence-corrected chi connectivity index (χ2v) is 6.70. The predicted molar refractivity (Wildman–Crippen MR) is 99.4 cm³/mol. The first-order valence-corrected chi connectivity index (χ1v) is 8.72. The predicted octanol–water partition coefficient (Wildman–Crippen LogP) is 1.64. The summed E-state index contributed by atoms with van der Waals surface area (Å²) in [5.41, 5.74) is 2.47. The molecule has 1 aromatic heterocycles. The van der Waals surface area contributed by atoms with Crippen LogP contribution in [-0.4, -0.2) is 64.5 Å². The molecule has 3 aliphatic rings. The molecule has 4 rings (SSSR count). The number of hydrogen-bond donors (Lipinski definition) is 1. The zero-order chi connectivity index (χ0) is 15.6. The van der Waals surface area contributed by atoms with E-state index < -0.39 is 0 Å². The number of hydrogen-bond acceptors (Lipinski definition) is 5. The maximum Gasteiger partial charge on any atom is 0.410 e. The summed E-state index contributed by atoms with van der Waals surface area (Å²) in [7, 11) is 0. The van der Waals surface area contributed by atoms with Crippen molar-refractivity contribution in [3.05, 3.63) is 17.5 Å². The van der Waals surface area contributed by atoms with Gasteiger partial charge in [-0.05, 0) is 31.9 Å². The first-order chi connectivity index (χ1) is 11.3. The highest BCUT2D eigenvalue weighted by Crippen LogP contribution is 2.21. The van der Waals surface area contributed by atoms with Crippen LogP contribution in [0.2, 0.25) is 0 Å². The molecule has 0 bridgehead atoms. The summed E-state index contributed by atoms with van der Waals surface area (Å²) < 4.78 is 7.21. The number of aromatic nitrogens is 2. The molecule has 1 aromatic rings. The second-order valence-electron chi connectivity index (χ2n) is 6.70. The van der Waals surface area contributed by atoms with E-state index in [1.54, 1.807) is 0 Å². The van der Waals surface area contributed by atoms with Crippen molar-refractivity contribution in [2.75, 3.05) is 32.8 Å². The highest BCUT2D eigenvalue weighted by molar-refractivity contribution is 5.85. The third-order valence-electron chi connectivity index (χ3n) is 5.12. The number of nitrogens with one attached hydrogen (secondary N) is 1. The number of likely N-dealkylation sites (tertiary alicyclic amines) is 1. The largest absolute Gasteiger partial charge is 0.448 e. The Hall–Kier alpha value is -1.02. The molecular formula is C16H27Cl2N5O2. The van der Waals surface area contributed by atoms with Gasteiger partial charge in [-0.25, -0.2) is 4.79 Å². The first kappa shape index (κ1) is 20.3. The number of fused-ring (bicyclic) bond motifs is 1. The molecule has 0 aliphatic carbocycles. The lowest BCUT2D eigenvalue weighted by molar-refractivity contribution is 0.114. The molecular weight excluding hydrogens is 365 g/mol. The summed E-state index contributed by atoms with van der Waals surface area (Å²) in [5.74, 6) is 0. The fraction of sp³-hybridized carbons (Fsp3) is 0.750. The van der Waals surface area contributed by atoms with Crippen molar-refractivity contribution in [2.24, 2.45) is 0 Å². The van der Waals surface area contributed by atoms with Crippen molar-refractivity contribution < 1.29 is 9.53 Å². The van der Waals surface area contributed by atoms with Gasteiger partial charge in [0.1, 0.15) is 6.61 Å². The van der Waals surface area contributed by atoms with Crippen LogP contribution in [0.3, 0.4) is 0 Å². The van der Waals surface area contributed by atoms with Gasteiger partial charge in [0.25, 0.3) is 0 Å². The monoisotopic (exact) mass is 391 g/mol. The number of piperidine rings is 1. The summed E-state index contributed by atoms with van der Waals surface area (Å²) in [4.78, 5) is 16.0. The van der Waals surface area contributed by atoms with Gasteiger partial charge in [0, 0.05) is 38.8 Å². The summed E-state index contributed by atoms with van der Waals surface area (Å²) in [6.07, 6.45) is 3.08. The minimum Gasteiger partial charge on any atom is -0.448 e. The van der Waals surface area contributed by atoms with Crippen LogP contribution >= 0.6 is 24.8 Å². The van der Waals surface area contributed by atoms with E-state index in [4.69, 9.17) is 9.84 Å². The van der Waals surface area contributed by atoms with Gasteiger partial charge in [-0.3, -0.25) is 9.58 Å². The molecule has 7 nitrogen and oxygen atoms in total. The van der Waals surface area contributed by atoms with Crippen molar-refractivity contribution in [1.29, 1.82) is 0 Å². The lowest BCUT2D eigenvalue weighted by Gasteiger charge is -2.35. The average molecular weight is 392 g/mol. The third-order valence-corrected chi connectivity index (χ3v) is 5.12. The quantitative estimate of drug-likeness (QED) is 0.848. The number of aryl methyl sites for hydroxylation is 1. The van der Waals surface area contributed by atoms with Gasteiger partial charge >= 0.3 is 6.09 Å². The fourth-order valence-corrected chi connectivity index (χ4v) is 3.85. The standard InChI is InChI=1S/C16H25N5O2.2ClH/c22-16-20(8-9-23-16)14-2-6-19(7-3-14)12-13-10-15-11-17-4-1-5-21(15)18-13;;/h10,14,17H,1-9,11-12H2;2*1H. The van der Waals surface area contributed by atoms with Crippen LogP contribution in [-0.2, 0) is 24.4 Å². The van der Waals surface area contributed by atoms with Crippen molar-refractivity contribution in [1.82, 2.24) is 24.9 Å². The van der Waals surface area contributed by atoms with E-state index in [1.165, 1.54) is 11.4 Å². The molecule has 1 N–H and O–H groups in total. The fourth-order valence-electron chi connectivity index (χ4n) is 3.85. The number of cyclic esters (lactones) is 1. The van der Waals surface area contributed by atoms with Crippen molar-refractivity contribution in [3.63, 3.8) is 0 Å². The highest BCUT2D eigenvalue weighted by atomic mass is 35.5. The lowest BCUT2D eigenvalue weighted by Crippen LogP contribution is -2.45. The van der Waals surface area contributed by atoms with Gasteiger partial charge < -0.3 is 15.0 Å². The Morgan fingerprint density at radius 1 is 1.20 bits per heavy atom. The lowest BCUT2D eigenvalue weighted by atomic mass is 10.0. The van der Waals surface area contributed by atoms with Gasteiger partial charge in [0.2, 0.25) is 0 Å². The highest BCUT2D eigenvalue weighted by Gasteiger charge is 2.32. The average Bonchev–Trinajstić information content (AvgIpc) is 3.08. The molecule has 0 spiro atoms. The smallest absolute Gasteiger partial charge is 0.410 e. The van der Waals surface area contributed by atoms with E-state index in [2.05, 4.69) is 21.0 Å². The molecule has 0 atom stereocenters. The Morgan fingerprint density at radius 2 is 2.00 bits per heavy atom. The first-order valence-electron chi connectivity index (χ1n) is 8.72. The normalized spacial score (nSPS) is 21.8. The Kier molecular flexibility index (Phi) is 7.37. The Bertz CT molecular complexity index is 551. The molecule has 3 aliphatic heterocycles. The van der Waals surface area contributed by atoms with Crippen LogP contribution < -0.4 is 5.32 Å². The van der Waals surface area contributed by atoms with Crippen LogP contribution in [0.1, 0.15) is 30.7 Å². The van der Waals surface area contributed by atoms with E-state index in [0.29, 0.717) is 12.6 Å². The van der Waals surface area contributed by atoms with Crippen molar-refractivity contribution in [3.8, 4) is 0 Å². The zero-order valence-corrected chi connectivity index (χ0v) is 16.0. The Morgan fingerprint density at radius 3 is 2.72 bits per heavy atom. The molecule has 4 heterocycles. The number of nitrogens with zero attached hydrogens (tertiary/aromatic N) is 4. The van der Waals surface area contributed by atoms with Crippen LogP contribution in [0.15, 0.2) is 6.07 Å². The number of carbonyl (C=O) groups is 1. The summed E-state index contributed by atoms with van der Waals surface area (Å²) in [5, 5.41) is 8.20. The number of carbonyl (C=O) groups excluding carboxylic acids is 1. The topological polar surface area (TPSA) is 62.6 Å². The molecule has 0 aromatic carbocycles.